The van der Waals surface area contributed by atoms with Gasteiger partial charge in [0.25, 0.3) is 0 Å². The molecule has 2 rings (SSSR count). The molecule has 6 nitrogen and oxygen atoms in total. The molecule has 1 aromatic carbocycles. The lowest BCUT2D eigenvalue weighted by molar-refractivity contribution is -0.124. The van der Waals surface area contributed by atoms with Crippen LogP contribution in [0.1, 0.15) is 18.4 Å². The van der Waals surface area contributed by atoms with Crippen molar-refractivity contribution in [1.82, 2.24) is 10.0 Å². The Labute approximate surface area is 112 Å². The Hall–Kier alpha value is -1.60. The zero-order chi connectivity index (χ0) is 14.0. The van der Waals surface area contributed by atoms with Gasteiger partial charge in [-0.2, -0.15) is 4.72 Å². The van der Waals surface area contributed by atoms with Crippen molar-refractivity contribution < 1.29 is 13.2 Å². The Morgan fingerprint density at radius 3 is 2.79 bits per heavy atom. The van der Waals surface area contributed by atoms with E-state index in [4.69, 9.17) is 5.73 Å². The zero-order valence-corrected chi connectivity index (χ0v) is 11.5. The van der Waals surface area contributed by atoms with E-state index in [1.54, 1.807) is 12.1 Å². The number of rotatable bonds is 3. The van der Waals surface area contributed by atoms with Crippen LogP contribution in [0.3, 0.4) is 0 Å². The maximum atomic E-state index is 12.2. The molecule has 1 aliphatic rings. The molecule has 19 heavy (non-hydrogen) atoms. The molecule has 0 aliphatic carbocycles. The normalized spacial score (nSPS) is 20.1. The number of carbonyl (C=O) groups is 1. The summed E-state index contributed by atoms with van der Waals surface area (Å²) in [4.78, 5) is 11.6. The molecule has 0 radical (unpaired) electrons. The second-order valence-corrected chi connectivity index (χ2v) is 6.33. The summed E-state index contributed by atoms with van der Waals surface area (Å²) in [5, 5.41) is 2.63. The highest BCUT2D eigenvalue weighted by Gasteiger charge is 2.28. The van der Waals surface area contributed by atoms with Gasteiger partial charge in [0, 0.05) is 6.54 Å². The van der Waals surface area contributed by atoms with Gasteiger partial charge in [-0.15, -0.1) is 0 Å². The van der Waals surface area contributed by atoms with Crippen LogP contribution in [0, 0.1) is 6.92 Å². The van der Waals surface area contributed by atoms with Crippen LogP contribution >= 0.6 is 0 Å². The lowest BCUT2D eigenvalue weighted by atomic mass is 10.1. The Bertz CT molecular complexity index is 598. The van der Waals surface area contributed by atoms with Crippen LogP contribution < -0.4 is 15.8 Å². The number of hydrogen-bond donors (Lipinski definition) is 3. The van der Waals surface area contributed by atoms with E-state index in [0.29, 0.717) is 13.0 Å². The van der Waals surface area contributed by atoms with E-state index in [1.165, 1.54) is 6.07 Å². The minimum absolute atomic E-state index is 0.0106. The molecule has 1 fully saturated rings. The summed E-state index contributed by atoms with van der Waals surface area (Å²) in [5.41, 5.74) is 6.79. The summed E-state index contributed by atoms with van der Waals surface area (Å²) >= 11 is 0. The topological polar surface area (TPSA) is 101 Å². The van der Waals surface area contributed by atoms with E-state index in [1.807, 2.05) is 6.92 Å². The number of nitrogens with two attached hydrogens (primary N) is 1. The average molecular weight is 283 g/mol. The fraction of sp³-hybridized carbons (Fsp3) is 0.417. The third-order valence-corrected chi connectivity index (χ3v) is 4.58. The zero-order valence-electron chi connectivity index (χ0n) is 10.6. The van der Waals surface area contributed by atoms with E-state index in [2.05, 4.69) is 10.0 Å². The fourth-order valence-corrected chi connectivity index (χ4v) is 3.39. The molecule has 0 saturated carbocycles. The van der Waals surface area contributed by atoms with Gasteiger partial charge < -0.3 is 11.1 Å². The minimum Gasteiger partial charge on any atom is -0.398 e. The van der Waals surface area contributed by atoms with Gasteiger partial charge in [-0.05, 0) is 37.5 Å². The van der Waals surface area contributed by atoms with E-state index < -0.39 is 16.1 Å². The summed E-state index contributed by atoms with van der Waals surface area (Å²) in [6, 6.07) is 3.99. The third-order valence-electron chi connectivity index (χ3n) is 3.04. The standard InChI is InChI=1S/C12H17N3O3S/c1-8-4-5-11(9(13)7-8)19(17,18)15-10-3-2-6-14-12(10)16/h4-5,7,10,15H,2-3,6,13H2,1H3,(H,14,16). The first kappa shape index (κ1) is 13.8. The predicted octanol–water partition coefficient (Wildman–Crippen LogP) is 0.134. The molecule has 1 heterocycles. The summed E-state index contributed by atoms with van der Waals surface area (Å²) in [6.45, 7) is 2.42. The van der Waals surface area contributed by atoms with Crippen molar-refractivity contribution >= 4 is 21.6 Å². The number of piperidine rings is 1. The third kappa shape index (κ3) is 3.05. The van der Waals surface area contributed by atoms with Crippen LogP contribution in [0.15, 0.2) is 23.1 Å². The van der Waals surface area contributed by atoms with Crippen LogP contribution in [-0.2, 0) is 14.8 Å². The number of anilines is 1. The van der Waals surface area contributed by atoms with Crippen LogP contribution in [0.4, 0.5) is 5.69 Å². The van der Waals surface area contributed by atoms with Crippen LogP contribution in [0.25, 0.3) is 0 Å². The summed E-state index contributed by atoms with van der Waals surface area (Å²) in [6.07, 6.45) is 1.25. The van der Waals surface area contributed by atoms with Crippen molar-refractivity contribution in [2.24, 2.45) is 0 Å². The highest BCUT2D eigenvalue weighted by atomic mass is 32.2. The highest BCUT2D eigenvalue weighted by molar-refractivity contribution is 7.89. The molecular weight excluding hydrogens is 266 g/mol. The lowest BCUT2D eigenvalue weighted by Gasteiger charge is -2.23. The maximum Gasteiger partial charge on any atom is 0.243 e. The minimum atomic E-state index is -3.78. The molecule has 1 amide bonds. The van der Waals surface area contributed by atoms with Crippen LogP contribution in [-0.4, -0.2) is 26.9 Å². The van der Waals surface area contributed by atoms with Crippen molar-refractivity contribution in [3.8, 4) is 0 Å². The van der Waals surface area contributed by atoms with E-state index in [0.717, 1.165) is 12.0 Å². The van der Waals surface area contributed by atoms with Gasteiger partial charge in [-0.25, -0.2) is 8.42 Å². The second-order valence-electron chi connectivity index (χ2n) is 4.65. The number of sulfonamides is 1. The van der Waals surface area contributed by atoms with Gasteiger partial charge in [0.15, 0.2) is 0 Å². The SMILES string of the molecule is Cc1ccc(S(=O)(=O)NC2CCCNC2=O)c(N)c1. The van der Waals surface area contributed by atoms with Gasteiger partial charge >= 0.3 is 0 Å². The molecule has 0 bridgehead atoms. The predicted molar refractivity (Wildman–Crippen MR) is 71.9 cm³/mol. The van der Waals surface area contributed by atoms with Gasteiger partial charge in [-0.1, -0.05) is 6.07 Å². The summed E-state index contributed by atoms with van der Waals surface area (Å²) in [7, 11) is -3.78. The molecule has 0 spiro atoms. The Morgan fingerprint density at radius 2 is 2.16 bits per heavy atom. The van der Waals surface area contributed by atoms with E-state index in [9.17, 15) is 13.2 Å². The number of aryl methyl sites for hydroxylation is 1. The van der Waals surface area contributed by atoms with Crippen molar-refractivity contribution in [2.75, 3.05) is 12.3 Å². The van der Waals surface area contributed by atoms with Gasteiger partial charge in [0.2, 0.25) is 15.9 Å². The number of nitrogen functional groups attached to an aromatic ring is 1. The Balaban J connectivity index is 2.24. The summed E-state index contributed by atoms with van der Waals surface area (Å²) in [5.74, 6) is -0.291. The quantitative estimate of drug-likeness (QED) is 0.686. The first-order chi connectivity index (χ1) is 8.90. The number of hydrogen-bond acceptors (Lipinski definition) is 4. The van der Waals surface area contributed by atoms with Crippen LogP contribution in [0.5, 0.6) is 0 Å². The number of nitrogens with one attached hydrogen (secondary N) is 2. The van der Waals surface area contributed by atoms with Crippen molar-refractivity contribution in [2.45, 2.75) is 30.7 Å². The molecule has 1 aliphatic heterocycles. The van der Waals surface area contributed by atoms with Crippen molar-refractivity contribution in [3.63, 3.8) is 0 Å². The smallest absolute Gasteiger partial charge is 0.243 e. The van der Waals surface area contributed by atoms with E-state index >= 15 is 0 Å². The molecule has 4 N–H and O–H groups in total. The van der Waals surface area contributed by atoms with E-state index in [-0.39, 0.29) is 16.5 Å². The molecule has 7 heteroatoms. The molecule has 1 atom stereocenters. The van der Waals surface area contributed by atoms with Gasteiger partial charge in [0.1, 0.15) is 10.9 Å². The molecular formula is C12H17N3O3S. The molecule has 104 valence electrons. The fourth-order valence-electron chi connectivity index (χ4n) is 2.05. The molecule has 0 aromatic heterocycles. The monoisotopic (exact) mass is 283 g/mol. The molecule has 1 unspecified atom stereocenters. The average Bonchev–Trinajstić information content (AvgIpc) is 2.31. The Kier molecular flexibility index (Phi) is 3.77. The molecule has 1 saturated heterocycles. The van der Waals surface area contributed by atoms with Crippen LogP contribution in [0.2, 0.25) is 0 Å². The number of benzene rings is 1. The number of amides is 1. The van der Waals surface area contributed by atoms with Crippen molar-refractivity contribution in [3.05, 3.63) is 23.8 Å². The first-order valence-corrected chi connectivity index (χ1v) is 7.54. The second kappa shape index (κ2) is 5.18. The number of carbonyl (C=O) groups excluding carboxylic acids is 1. The Morgan fingerprint density at radius 1 is 1.42 bits per heavy atom. The molecule has 1 aromatic rings. The largest absolute Gasteiger partial charge is 0.398 e. The highest BCUT2D eigenvalue weighted by Crippen LogP contribution is 2.20. The summed E-state index contributed by atoms with van der Waals surface area (Å²) < 4.78 is 26.8. The lowest BCUT2D eigenvalue weighted by Crippen LogP contribution is -2.50. The maximum absolute atomic E-state index is 12.2. The van der Waals surface area contributed by atoms with Gasteiger partial charge in [0.05, 0.1) is 5.69 Å². The van der Waals surface area contributed by atoms with Crippen molar-refractivity contribution in [1.29, 1.82) is 0 Å². The van der Waals surface area contributed by atoms with Gasteiger partial charge in [-0.3, -0.25) is 4.79 Å². The first-order valence-electron chi connectivity index (χ1n) is 6.06.